The van der Waals surface area contributed by atoms with Crippen LogP contribution in [0.5, 0.6) is 0 Å². The van der Waals surface area contributed by atoms with Gasteiger partial charge in [-0.2, -0.15) is 0 Å². The van der Waals surface area contributed by atoms with E-state index in [1.165, 1.54) is 4.31 Å². The minimum atomic E-state index is -3.24. The van der Waals surface area contributed by atoms with Gasteiger partial charge in [-0.25, -0.2) is 12.7 Å². The van der Waals surface area contributed by atoms with Crippen LogP contribution in [0.2, 0.25) is 0 Å². The maximum absolute atomic E-state index is 12.3. The topological polar surface area (TPSA) is 63.4 Å². The van der Waals surface area contributed by atoms with Crippen LogP contribution in [0.25, 0.3) is 0 Å². The molecule has 0 unspecified atom stereocenters. The molecule has 1 aromatic carbocycles. The first-order valence-electron chi connectivity index (χ1n) is 6.29. The molecule has 0 aliphatic heterocycles. The molecule has 0 aliphatic rings. The van der Waals surface area contributed by atoms with Gasteiger partial charge in [-0.3, -0.25) is 0 Å². The molecule has 102 valence electrons. The van der Waals surface area contributed by atoms with Crippen molar-refractivity contribution in [3.05, 3.63) is 35.4 Å². The molecular weight excluding hydrogens is 248 g/mol. The monoisotopic (exact) mass is 270 g/mol. The molecule has 0 amide bonds. The molecule has 5 heteroatoms. The number of hydrogen-bond acceptors (Lipinski definition) is 3. The van der Waals surface area contributed by atoms with Crippen molar-refractivity contribution in [2.45, 2.75) is 32.6 Å². The molecule has 0 fully saturated rings. The van der Waals surface area contributed by atoms with Gasteiger partial charge >= 0.3 is 0 Å². The quantitative estimate of drug-likeness (QED) is 0.820. The van der Waals surface area contributed by atoms with Crippen molar-refractivity contribution >= 4 is 10.0 Å². The fraction of sp³-hybridized carbons (Fsp3) is 0.538. The lowest BCUT2D eigenvalue weighted by molar-refractivity contribution is 0.426. The van der Waals surface area contributed by atoms with Gasteiger partial charge in [0.2, 0.25) is 10.0 Å². The summed E-state index contributed by atoms with van der Waals surface area (Å²) in [6.45, 7) is 5.30. The van der Waals surface area contributed by atoms with Crippen LogP contribution in [0.1, 0.15) is 31.4 Å². The van der Waals surface area contributed by atoms with E-state index >= 15 is 0 Å². The minimum absolute atomic E-state index is 0.0359. The first-order chi connectivity index (χ1) is 8.55. The van der Waals surface area contributed by atoms with Crippen molar-refractivity contribution in [3.63, 3.8) is 0 Å². The standard InChI is InChI=1S/C13H22N2O2S/c1-3-9-15(4-2)18(16,17)11-13-8-6-5-7-12(13)10-14/h5-8H,3-4,9-11,14H2,1-2H3. The first kappa shape index (κ1) is 15.1. The summed E-state index contributed by atoms with van der Waals surface area (Å²) in [5.74, 6) is 0.0359. The van der Waals surface area contributed by atoms with E-state index in [0.29, 0.717) is 19.6 Å². The summed E-state index contributed by atoms with van der Waals surface area (Å²) in [5, 5.41) is 0. The lowest BCUT2D eigenvalue weighted by atomic mass is 10.1. The average molecular weight is 270 g/mol. The van der Waals surface area contributed by atoms with Crippen LogP contribution < -0.4 is 5.73 Å². The maximum atomic E-state index is 12.3. The summed E-state index contributed by atoms with van der Waals surface area (Å²) in [6.07, 6.45) is 0.825. The van der Waals surface area contributed by atoms with Gasteiger partial charge in [0.15, 0.2) is 0 Å². The van der Waals surface area contributed by atoms with E-state index in [1.807, 2.05) is 38.1 Å². The molecule has 0 radical (unpaired) electrons. The summed E-state index contributed by atoms with van der Waals surface area (Å²) < 4.78 is 26.1. The van der Waals surface area contributed by atoms with Crippen LogP contribution >= 0.6 is 0 Å². The number of rotatable bonds is 7. The molecule has 2 N–H and O–H groups in total. The Hall–Kier alpha value is -0.910. The predicted octanol–water partition coefficient (Wildman–Crippen LogP) is 1.71. The summed E-state index contributed by atoms with van der Waals surface area (Å²) in [6, 6.07) is 7.43. The molecule has 0 heterocycles. The molecule has 0 aliphatic carbocycles. The molecule has 0 bridgehead atoms. The zero-order valence-corrected chi connectivity index (χ0v) is 11.9. The Kier molecular flexibility index (Phi) is 5.78. The number of benzene rings is 1. The third kappa shape index (κ3) is 3.80. The van der Waals surface area contributed by atoms with Gasteiger partial charge in [0.25, 0.3) is 0 Å². The average Bonchev–Trinajstić information content (AvgIpc) is 2.35. The largest absolute Gasteiger partial charge is 0.326 e. The highest BCUT2D eigenvalue weighted by atomic mass is 32.2. The molecule has 1 rings (SSSR count). The van der Waals surface area contributed by atoms with E-state index in [9.17, 15) is 8.42 Å². The van der Waals surface area contributed by atoms with Crippen molar-refractivity contribution in [3.8, 4) is 0 Å². The van der Waals surface area contributed by atoms with Gasteiger partial charge in [-0.1, -0.05) is 38.1 Å². The Morgan fingerprint density at radius 2 is 1.78 bits per heavy atom. The first-order valence-corrected chi connectivity index (χ1v) is 7.90. The zero-order chi connectivity index (χ0) is 13.6. The SMILES string of the molecule is CCCN(CC)S(=O)(=O)Cc1ccccc1CN. The molecule has 0 atom stereocenters. The van der Waals surface area contributed by atoms with Crippen LogP contribution in [0.15, 0.2) is 24.3 Å². The normalized spacial score (nSPS) is 12.0. The van der Waals surface area contributed by atoms with Gasteiger partial charge in [0.1, 0.15) is 0 Å². The van der Waals surface area contributed by atoms with Gasteiger partial charge in [0, 0.05) is 19.6 Å². The molecule has 0 spiro atoms. The Balaban J connectivity index is 2.94. The highest BCUT2D eigenvalue weighted by Crippen LogP contribution is 2.15. The Morgan fingerprint density at radius 1 is 1.17 bits per heavy atom. The predicted molar refractivity (Wildman–Crippen MR) is 74.5 cm³/mol. The minimum Gasteiger partial charge on any atom is -0.326 e. The number of nitrogens with two attached hydrogens (primary N) is 1. The number of nitrogens with zero attached hydrogens (tertiary/aromatic N) is 1. The van der Waals surface area contributed by atoms with Crippen LogP contribution in [0, 0.1) is 0 Å². The smallest absolute Gasteiger partial charge is 0.218 e. The molecule has 1 aromatic rings. The second kappa shape index (κ2) is 6.87. The summed E-state index contributed by atoms with van der Waals surface area (Å²) in [4.78, 5) is 0. The van der Waals surface area contributed by atoms with Crippen molar-refractivity contribution in [2.24, 2.45) is 5.73 Å². The maximum Gasteiger partial charge on any atom is 0.218 e. The summed E-state index contributed by atoms with van der Waals surface area (Å²) in [7, 11) is -3.24. The molecule has 0 saturated carbocycles. The van der Waals surface area contributed by atoms with Crippen molar-refractivity contribution in [1.82, 2.24) is 4.31 Å². The summed E-state index contributed by atoms with van der Waals surface area (Å²) >= 11 is 0. The van der Waals surface area contributed by atoms with Gasteiger partial charge in [-0.15, -0.1) is 0 Å². The Labute approximate surface area is 110 Å². The number of sulfonamides is 1. The van der Waals surface area contributed by atoms with Crippen LogP contribution in [-0.2, 0) is 22.3 Å². The fourth-order valence-electron chi connectivity index (χ4n) is 1.93. The zero-order valence-electron chi connectivity index (χ0n) is 11.1. The van der Waals surface area contributed by atoms with Crippen LogP contribution in [-0.4, -0.2) is 25.8 Å². The van der Waals surface area contributed by atoms with E-state index < -0.39 is 10.0 Å². The Bertz CT molecular complexity index is 472. The lowest BCUT2D eigenvalue weighted by Crippen LogP contribution is -2.32. The third-order valence-electron chi connectivity index (χ3n) is 2.90. The highest BCUT2D eigenvalue weighted by molar-refractivity contribution is 7.88. The van der Waals surface area contributed by atoms with Crippen molar-refractivity contribution in [2.75, 3.05) is 13.1 Å². The van der Waals surface area contributed by atoms with E-state index in [-0.39, 0.29) is 5.75 Å². The molecular formula is C13H22N2O2S. The highest BCUT2D eigenvalue weighted by Gasteiger charge is 2.20. The second-order valence-corrected chi connectivity index (χ2v) is 6.19. The molecule has 4 nitrogen and oxygen atoms in total. The van der Waals surface area contributed by atoms with Crippen LogP contribution in [0.3, 0.4) is 0 Å². The number of hydrogen-bond donors (Lipinski definition) is 1. The lowest BCUT2D eigenvalue weighted by Gasteiger charge is -2.20. The van der Waals surface area contributed by atoms with E-state index in [0.717, 1.165) is 17.5 Å². The molecule has 0 saturated heterocycles. The van der Waals surface area contributed by atoms with Gasteiger partial charge in [0.05, 0.1) is 5.75 Å². The van der Waals surface area contributed by atoms with Crippen molar-refractivity contribution in [1.29, 1.82) is 0 Å². The van der Waals surface area contributed by atoms with E-state index in [2.05, 4.69) is 0 Å². The van der Waals surface area contributed by atoms with E-state index in [4.69, 9.17) is 5.73 Å². The molecule has 18 heavy (non-hydrogen) atoms. The van der Waals surface area contributed by atoms with E-state index in [1.54, 1.807) is 0 Å². The Morgan fingerprint density at radius 3 is 2.28 bits per heavy atom. The van der Waals surface area contributed by atoms with Gasteiger partial charge in [-0.05, 0) is 17.5 Å². The van der Waals surface area contributed by atoms with Crippen molar-refractivity contribution < 1.29 is 8.42 Å². The van der Waals surface area contributed by atoms with Crippen LogP contribution in [0.4, 0.5) is 0 Å². The second-order valence-electron chi connectivity index (χ2n) is 4.22. The fourth-order valence-corrected chi connectivity index (χ4v) is 3.64. The third-order valence-corrected chi connectivity index (χ3v) is 4.80. The summed E-state index contributed by atoms with van der Waals surface area (Å²) in [5.41, 5.74) is 7.33. The van der Waals surface area contributed by atoms with Gasteiger partial charge < -0.3 is 5.73 Å². The molecule has 0 aromatic heterocycles.